The van der Waals surface area contributed by atoms with E-state index in [9.17, 15) is 14.4 Å². The van der Waals surface area contributed by atoms with Crippen LogP contribution in [0.25, 0.3) is 0 Å². The molecule has 43 heavy (non-hydrogen) atoms. The van der Waals surface area contributed by atoms with Gasteiger partial charge in [0.25, 0.3) is 0 Å². The van der Waals surface area contributed by atoms with Crippen molar-refractivity contribution in [3.63, 3.8) is 0 Å². The van der Waals surface area contributed by atoms with Gasteiger partial charge < -0.3 is 31.2 Å². The van der Waals surface area contributed by atoms with Gasteiger partial charge in [0.05, 0.1) is 12.4 Å². The van der Waals surface area contributed by atoms with Crippen molar-refractivity contribution in [3.8, 4) is 0 Å². The Kier molecular flexibility index (Phi) is 18.6. The van der Waals surface area contributed by atoms with Gasteiger partial charge in [-0.15, -0.1) is 0 Å². The first kappa shape index (κ1) is 36.5. The Labute approximate surface area is 260 Å². The number of aromatic amines is 1. The van der Waals surface area contributed by atoms with E-state index >= 15 is 0 Å². The highest BCUT2D eigenvalue weighted by atomic mass is 16.2. The first-order valence-electron chi connectivity index (χ1n) is 16.7. The Morgan fingerprint density at radius 2 is 1.70 bits per heavy atom. The summed E-state index contributed by atoms with van der Waals surface area (Å²) in [4.78, 5) is 49.5. The summed E-state index contributed by atoms with van der Waals surface area (Å²) in [5.74, 6) is -0.528. The molecule has 0 radical (unpaired) electrons. The molecule has 2 rings (SSSR count). The maximum absolute atomic E-state index is 13.3. The molecule has 3 atom stereocenters. The molecule has 1 aliphatic rings. The average molecular weight is 602 g/mol. The molecule has 1 aromatic rings. The highest BCUT2D eigenvalue weighted by Gasteiger charge is 2.41. The van der Waals surface area contributed by atoms with E-state index in [1.54, 1.807) is 17.4 Å². The lowest BCUT2D eigenvalue weighted by molar-refractivity contribution is -0.139. The van der Waals surface area contributed by atoms with Gasteiger partial charge in [0, 0.05) is 50.4 Å². The van der Waals surface area contributed by atoms with E-state index in [4.69, 9.17) is 5.73 Å². The van der Waals surface area contributed by atoms with Crippen LogP contribution in [-0.2, 0) is 20.8 Å². The summed E-state index contributed by atoms with van der Waals surface area (Å²) in [5.41, 5.74) is 7.00. The lowest BCUT2D eigenvalue weighted by Gasteiger charge is -2.26. The maximum atomic E-state index is 13.3. The van der Waals surface area contributed by atoms with E-state index in [1.807, 2.05) is 19.0 Å². The largest absolute Gasteiger partial charge is 0.353 e. The number of carbonyl (C=O) groups excluding carboxylic acids is 3. The number of H-pyrrole nitrogens is 1. The number of amides is 3. The molecular formula is C33H59N7O3. The van der Waals surface area contributed by atoms with Gasteiger partial charge in [0.2, 0.25) is 17.7 Å². The van der Waals surface area contributed by atoms with Crippen molar-refractivity contribution in [2.75, 3.05) is 33.7 Å². The number of nitrogens with one attached hydrogen (secondary N) is 3. The van der Waals surface area contributed by atoms with E-state index < -0.39 is 12.1 Å². The molecule has 1 saturated heterocycles. The Bertz CT molecular complexity index is 935. The molecule has 5 N–H and O–H groups in total. The third-order valence-electron chi connectivity index (χ3n) is 8.09. The summed E-state index contributed by atoms with van der Waals surface area (Å²) in [6, 6.07) is -1.74. The minimum absolute atomic E-state index is 0.0227. The first-order chi connectivity index (χ1) is 20.8. The zero-order valence-electron chi connectivity index (χ0n) is 27.1. The van der Waals surface area contributed by atoms with Crippen molar-refractivity contribution in [2.45, 2.75) is 128 Å². The fourth-order valence-corrected chi connectivity index (χ4v) is 5.54. The summed E-state index contributed by atoms with van der Waals surface area (Å²) in [6.07, 6.45) is 24.8. The molecule has 1 unspecified atom stereocenters. The molecular weight excluding hydrogens is 542 g/mol. The second-order valence-electron chi connectivity index (χ2n) is 12.3. The van der Waals surface area contributed by atoms with Gasteiger partial charge in [-0.3, -0.25) is 14.4 Å². The Morgan fingerprint density at radius 3 is 2.33 bits per heavy atom. The molecule has 0 spiro atoms. The van der Waals surface area contributed by atoms with Crippen molar-refractivity contribution < 1.29 is 14.4 Å². The third kappa shape index (κ3) is 15.5. The molecule has 0 bridgehead atoms. The molecule has 10 nitrogen and oxygen atoms in total. The Morgan fingerprint density at radius 1 is 1.05 bits per heavy atom. The molecule has 3 amide bonds. The van der Waals surface area contributed by atoms with Crippen LogP contribution >= 0.6 is 0 Å². The topological polar surface area (TPSA) is 136 Å². The normalized spacial score (nSPS) is 17.6. The molecule has 0 aliphatic carbocycles. The van der Waals surface area contributed by atoms with Crippen LogP contribution < -0.4 is 16.4 Å². The number of imidazole rings is 1. The van der Waals surface area contributed by atoms with Crippen LogP contribution in [0.4, 0.5) is 0 Å². The minimum Gasteiger partial charge on any atom is -0.353 e. The Balaban J connectivity index is 1.68. The van der Waals surface area contributed by atoms with Gasteiger partial charge in [-0.2, -0.15) is 0 Å². The first-order valence-corrected chi connectivity index (χ1v) is 16.7. The van der Waals surface area contributed by atoms with Gasteiger partial charge in [-0.05, 0) is 52.6 Å². The monoisotopic (exact) mass is 601 g/mol. The number of aromatic nitrogens is 2. The highest BCUT2D eigenvalue weighted by molar-refractivity contribution is 5.91. The number of unbranched alkanes of at least 4 members (excludes halogenated alkanes) is 11. The van der Waals surface area contributed by atoms with Crippen molar-refractivity contribution >= 4 is 17.7 Å². The van der Waals surface area contributed by atoms with E-state index in [0.717, 1.165) is 31.4 Å². The quantitative estimate of drug-likeness (QED) is 0.110. The molecule has 10 heteroatoms. The standard InChI is InChI=1S/C33H59N7O3/c1-4-5-6-7-8-9-10-11-12-13-14-15-16-17-18-19-31(41)38-28-23-30(32(42)36-20-21-39(2)3)40(25-28)33(43)29(34)22-27-24-35-26-37-27/h11-12,24,26,28-30H,4-10,13-23,25,34H2,1-3H3,(H,35,37)(H,36,42)(H,38,41)/t28-,29?,30-/m0/s1. The molecule has 0 aromatic carbocycles. The van der Waals surface area contributed by atoms with E-state index in [2.05, 4.69) is 39.7 Å². The lowest BCUT2D eigenvalue weighted by atomic mass is 10.1. The summed E-state index contributed by atoms with van der Waals surface area (Å²) >= 11 is 0. The van der Waals surface area contributed by atoms with Crippen LogP contribution in [0.1, 0.15) is 109 Å². The predicted molar refractivity (Wildman–Crippen MR) is 173 cm³/mol. The zero-order chi connectivity index (χ0) is 31.3. The van der Waals surface area contributed by atoms with Crippen LogP contribution in [0.2, 0.25) is 0 Å². The number of allylic oxidation sites excluding steroid dienone is 2. The predicted octanol–water partition coefficient (Wildman–Crippen LogP) is 4.08. The van der Waals surface area contributed by atoms with Crippen LogP contribution in [0.3, 0.4) is 0 Å². The maximum Gasteiger partial charge on any atom is 0.242 e. The van der Waals surface area contributed by atoms with Gasteiger partial charge in [0.1, 0.15) is 6.04 Å². The van der Waals surface area contributed by atoms with Crippen molar-refractivity contribution in [1.82, 2.24) is 30.4 Å². The fraction of sp³-hybridized carbons (Fsp3) is 0.758. The molecule has 2 heterocycles. The minimum atomic E-state index is -0.803. The number of nitrogens with two attached hydrogens (primary N) is 1. The van der Waals surface area contributed by atoms with Crippen molar-refractivity contribution in [3.05, 3.63) is 30.4 Å². The van der Waals surface area contributed by atoms with E-state index in [1.165, 1.54) is 57.8 Å². The third-order valence-corrected chi connectivity index (χ3v) is 8.09. The van der Waals surface area contributed by atoms with Gasteiger partial charge in [-0.25, -0.2) is 4.98 Å². The van der Waals surface area contributed by atoms with Gasteiger partial charge >= 0.3 is 0 Å². The highest BCUT2D eigenvalue weighted by Crippen LogP contribution is 2.20. The number of hydrogen-bond acceptors (Lipinski definition) is 6. The number of rotatable bonds is 23. The van der Waals surface area contributed by atoms with Gasteiger partial charge in [-0.1, -0.05) is 70.4 Å². The van der Waals surface area contributed by atoms with E-state index in [-0.39, 0.29) is 30.3 Å². The van der Waals surface area contributed by atoms with Gasteiger partial charge in [0.15, 0.2) is 0 Å². The molecule has 1 fully saturated rings. The lowest BCUT2D eigenvalue weighted by Crippen LogP contribution is -2.52. The number of nitrogens with zero attached hydrogens (tertiary/aromatic N) is 3. The van der Waals surface area contributed by atoms with Crippen molar-refractivity contribution in [2.24, 2.45) is 5.73 Å². The fourth-order valence-electron chi connectivity index (χ4n) is 5.54. The molecule has 0 saturated carbocycles. The molecule has 1 aromatic heterocycles. The van der Waals surface area contributed by atoms with Crippen LogP contribution in [0.5, 0.6) is 0 Å². The Hall–Kier alpha value is -2.72. The molecule has 1 aliphatic heterocycles. The SMILES string of the molecule is CCCCCCCCC=CCCCCCCCC(=O)N[C@H]1C[C@@H](C(=O)NCCN(C)C)N(C(=O)C(N)Cc2cnc[nH]2)C1. The summed E-state index contributed by atoms with van der Waals surface area (Å²) in [6.45, 7) is 3.71. The number of hydrogen-bond donors (Lipinski definition) is 4. The van der Waals surface area contributed by atoms with Crippen molar-refractivity contribution in [1.29, 1.82) is 0 Å². The number of likely N-dealkylation sites (N-methyl/N-ethyl adjacent to an activating group) is 1. The second-order valence-corrected chi connectivity index (χ2v) is 12.3. The van der Waals surface area contributed by atoms with Crippen LogP contribution in [0, 0.1) is 0 Å². The zero-order valence-corrected chi connectivity index (χ0v) is 27.1. The average Bonchev–Trinajstić information content (AvgIpc) is 3.64. The molecule has 244 valence electrons. The summed E-state index contributed by atoms with van der Waals surface area (Å²) in [5, 5.41) is 6.00. The van der Waals surface area contributed by atoms with Crippen LogP contribution in [-0.4, -0.2) is 89.3 Å². The summed E-state index contributed by atoms with van der Waals surface area (Å²) in [7, 11) is 3.88. The second kappa shape index (κ2) is 21.9. The van der Waals surface area contributed by atoms with Crippen LogP contribution in [0.15, 0.2) is 24.7 Å². The van der Waals surface area contributed by atoms with E-state index in [0.29, 0.717) is 32.4 Å². The number of carbonyl (C=O) groups is 3. The summed E-state index contributed by atoms with van der Waals surface area (Å²) < 4.78 is 0. The smallest absolute Gasteiger partial charge is 0.242 e. The number of likely N-dealkylation sites (tertiary alicyclic amines) is 1.